The molecule has 304 valence electrons. The second kappa shape index (κ2) is 17.3. The van der Waals surface area contributed by atoms with Gasteiger partial charge in [0.25, 0.3) is 11.8 Å². The van der Waals surface area contributed by atoms with Crippen LogP contribution in [0.5, 0.6) is 0 Å². The lowest BCUT2D eigenvalue weighted by Crippen LogP contribution is -2.63. The van der Waals surface area contributed by atoms with Crippen LogP contribution in [0.3, 0.4) is 0 Å². The Morgan fingerprint density at radius 2 is 1.54 bits per heavy atom. The quantitative estimate of drug-likeness (QED) is 0.134. The van der Waals surface area contributed by atoms with Gasteiger partial charge in [0, 0.05) is 23.0 Å². The number of carbonyl (C=O) groups excluding carboxylic acids is 7. The van der Waals surface area contributed by atoms with Gasteiger partial charge in [-0.15, -0.1) is 0 Å². The van der Waals surface area contributed by atoms with Gasteiger partial charge in [-0.1, -0.05) is 84.4 Å². The van der Waals surface area contributed by atoms with Crippen molar-refractivity contribution in [3.05, 3.63) is 35.5 Å². The van der Waals surface area contributed by atoms with E-state index in [1.165, 1.54) is 6.92 Å². The third kappa shape index (κ3) is 9.02. The molecule has 5 amide bonds. The first-order chi connectivity index (χ1) is 26.7. The zero-order chi connectivity index (χ0) is 40.3. The van der Waals surface area contributed by atoms with Crippen LogP contribution in [0.15, 0.2) is 24.3 Å². The van der Waals surface area contributed by atoms with Crippen molar-refractivity contribution in [2.75, 3.05) is 0 Å². The average molecular weight is 773 g/mol. The lowest BCUT2D eigenvalue weighted by atomic mass is 9.81. The second-order valence-corrected chi connectivity index (χ2v) is 17.7. The topological polar surface area (TPSA) is 187 Å². The number of likely N-dealkylation sites (tertiary alicyclic amines) is 1. The molecule has 3 aliphatic carbocycles. The van der Waals surface area contributed by atoms with E-state index in [1.54, 1.807) is 23.1 Å². The fourth-order valence-corrected chi connectivity index (χ4v) is 9.27. The van der Waals surface area contributed by atoms with Gasteiger partial charge in [-0.25, -0.2) is 0 Å². The molecule has 13 heteroatoms. The Kier molecular flexibility index (Phi) is 12.7. The van der Waals surface area contributed by atoms with E-state index in [0.29, 0.717) is 36.6 Å². The van der Waals surface area contributed by atoms with E-state index in [2.05, 4.69) is 26.3 Å². The molecule has 4 aliphatic rings. The average Bonchev–Trinajstić information content (AvgIpc) is 3.76. The predicted molar refractivity (Wildman–Crippen MR) is 212 cm³/mol. The van der Waals surface area contributed by atoms with Crippen LogP contribution in [-0.4, -0.2) is 87.2 Å². The number of nitrogens with one attached hydrogen (secondary N) is 5. The van der Waals surface area contributed by atoms with Crippen molar-refractivity contribution in [3.8, 4) is 0 Å². The zero-order valence-corrected chi connectivity index (χ0v) is 33.6. The number of hydrogen-bond acceptors (Lipinski definition) is 7. The SMILES string of the molecule is CCC[C@H](NC(=O)[C@@H]1C[C@@H]2CCCC[C@@H]2N1C(=O)[C@@H](NC(=O)[C@@H](NC(=O)c1[nH]c2ccccc2c1C(C)=O)C1CCCCC1)C(C)(C)C)C(=O)C(=O)NC1CC1. The van der Waals surface area contributed by atoms with Gasteiger partial charge in [0.15, 0.2) is 5.78 Å². The third-order valence-corrected chi connectivity index (χ3v) is 12.4. The maximum absolute atomic E-state index is 15.0. The highest BCUT2D eigenvalue weighted by molar-refractivity contribution is 6.38. The number of para-hydroxylation sites is 1. The third-order valence-electron chi connectivity index (χ3n) is 12.4. The minimum Gasteiger partial charge on any atom is -0.350 e. The Morgan fingerprint density at radius 1 is 0.857 bits per heavy atom. The molecule has 5 N–H and O–H groups in total. The summed E-state index contributed by atoms with van der Waals surface area (Å²) in [5.41, 5.74) is 0.199. The molecule has 56 heavy (non-hydrogen) atoms. The molecule has 0 bridgehead atoms. The number of carbonyl (C=O) groups is 7. The first-order valence-corrected chi connectivity index (χ1v) is 20.9. The number of hydrogen-bond donors (Lipinski definition) is 5. The highest BCUT2D eigenvalue weighted by Gasteiger charge is 2.51. The predicted octanol–water partition coefficient (Wildman–Crippen LogP) is 4.87. The van der Waals surface area contributed by atoms with Crippen molar-refractivity contribution in [1.29, 1.82) is 0 Å². The molecule has 6 rings (SSSR count). The van der Waals surface area contributed by atoms with E-state index in [4.69, 9.17) is 0 Å². The minimum absolute atomic E-state index is 0.00214. The fraction of sp³-hybridized carbons (Fsp3) is 0.651. The number of H-pyrrole nitrogens is 1. The highest BCUT2D eigenvalue weighted by atomic mass is 16.2. The zero-order valence-electron chi connectivity index (χ0n) is 33.6. The Labute approximate surface area is 329 Å². The highest BCUT2D eigenvalue weighted by Crippen LogP contribution is 2.41. The first-order valence-electron chi connectivity index (χ1n) is 20.9. The van der Waals surface area contributed by atoms with Crippen molar-refractivity contribution in [1.82, 2.24) is 31.2 Å². The van der Waals surface area contributed by atoms with Crippen molar-refractivity contribution in [2.45, 2.75) is 161 Å². The standard InChI is InChI=1S/C43H60N6O7/c1-6-14-30(36(51)41(55)44-27-21-22-27)46-38(52)32-23-26-17-10-13-20-31(26)49(32)42(56)37(43(3,4)5)48-39(53)34(25-15-8-7-9-16-25)47-40(54)35-33(24(2)50)28-18-11-12-19-29(28)45-35/h11-12,18-19,25-27,30-32,34,37,45H,6-10,13-17,20-23H2,1-5H3,(H,44,55)(H,46,52)(H,47,54)(H,48,53)/t26-,30-,31-,32-,34-,37+/m0/s1. The van der Waals surface area contributed by atoms with Crippen LogP contribution in [0, 0.1) is 17.3 Å². The summed E-state index contributed by atoms with van der Waals surface area (Å²) in [5, 5.41) is 12.3. The van der Waals surface area contributed by atoms with Gasteiger partial charge in [-0.05, 0) is 81.6 Å². The first kappa shape index (κ1) is 41.1. The van der Waals surface area contributed by atoms with Crippen LogP contribution in [-0.2, 0) is 24.0 Å². The van der Waals surface area contributed by atoms with E-state index >= 15 is 4.79 Å². The van der Waals surface area contributed by atoms with Crippen LogP contribution in [0.1, 0.15) is 145 Å². The van der Waals surface area contributed by atoms with Crippen molar-refractivity contribution in [2.24, 2.45) is 17.3 Å². The largest absolute Gasteiger partial charge is 0.350 e. The lowest BCUT2D eigenvalue weighted by molar-refractivity contribution is -0.147. The van der Waals surface area contributed by atoms with E-state index < -0.39 is 59.0 Å². The number of rotatable bonds is 14. The van der Waals surface area contributed by atoms with E-state index in [9.17, 15) is 28.8 Å². The Bertz CT molecular complexity index is 1840. The summed E-state index contributed by atoms with van der Waals surface area (Å²) in [4.78, 5) is 101. The molecule has 1 aromatic carbocycles. The molecule has 1 aromatic heterocycles. The molecule has 13 nitrogen and oxygen atoms in total. The number of aromatic nitrogens is 1. The summed E-state index contributed by atoms with van der Waals surface area (Å²) in [6.07, 6.45) is 10.7. The lowest BCUT2D eigenvalue weighted by Gasteiger charge is -2.40. The van der Waals surface area contributed by atoms with Crippen LogP contribution in [0.25, 0.3) is 10.9 Å². The molecule has 2 heterocycles. The summed E-state index contributed by atoms with van der Waals surface area (Å²) in [6, 6.07) is 3.05. The molecular formula is C43H60N6O7. The van der Waals surface area contributed by atoms with Gasteiger partial charge in [0.1, 0.15) is 23.8 Å². The number of Topliss-reactive ketones (excluding diaryl/α,β-unsaturated/α-hetero) is 2. The van der Waals surface area contributed by atoms with Crippen molar-refractivity contribution in [3.63, 3.8) is 0 Å². The Hall–Kier alpha value is -4.55. The monoisotopic (exact) mass is 772 g/mol. The smallest absolute Gasteiger partial charge is 0.289 e. The maximum Gasteiger partial charge on any atom is 0.289 e. The summed E-state index contributed by atoms with van der Waals surface area (Å²) in [6.45, 7) is 8.89. The molecular weight excluding hydrogens is 713 g/mol. The number of amides is 5. The Morgan fingerprint density at radius 3 is 2.20 bits per heavy atom. The van der Waals surface area contributed by atoms with Crippen LogP contribution >= 0.6 is 0 Å². The van der Waals surface area contributed by atoms with Crippen molar-refractivity contribution >= 4 is 52.0 Å². The fourth-order valence-electron chi connectivity index (χ4n) is 9.27. The molecule has 3 saturated carbocycles. The van der Waals surface area contributed by atoms with E-state index in [0.717, 1.165) is 57.8 Å². The van der Waals surface area contributed by atoms with Crippen LogP contribution < -0.4 is 21.3 Å². The number of ketones is 2. The summed E-state index contributed by atoms with van der Waals surface area (Å²) < 4.78 is 0. The Balaban J connectivity index is 1.26. The van der Waals surface area contributed by atoms with Crippen LogP contribution in [0.2, 0.25) is 0 Å². The molecule has 6 atom stereocenters. The second-order valence-electron chi connectivity index (χ2n) is 17.7. The van der Waals surface area contributed by atoms with E-state index in [-0.39, 0.29) is 53.3 Å². The summed E-state index contributed by atoms with van der Waals surface area (Å²) >= 11 is 0. The van der Waals surface area contributed by atoms with Crippen LogP contribution in [0.4, 0.5) is 0 Å². The molecule has 4 fully saturated rings. The van der Waals surface area contributed by atoms with Gasteiger partial charge < -0.3 is 31.2 Å². The minimum atomic E-state index is -1.05. The molecule has 0 radical (unpaired) electrons. The molecule has 2 aromatic rings. The van der Waals surface area contributed by atoms with Gasteiger partial charge in [-0.2, -0.15) is 0 Å². The van der Waals surface area contributed by atoms with Gasteiger partial charge in [0.2, 0.25) is 23.5 Å². The van der Waals surface area contributed by atoms with Crippen molar-refractivity contribution < 1.29 is 33.6 Å². The number of fused-ring (bicyclic) bond motifs is 2. The summed E-state index contributed by atoms with van der Waals surface area (Å²) in [5.74, 6) is -3.67. The number of benzene rings is 1. The van der Waals surface area contributed by atoms with Gasteiger partial charge >= 0.3 is 0 Å². The number of nitrogens with zero attached hydrogens (tertiary/aromatic N) is 1. The van der Waals surface area contributed by atoms with Gasteiger partial charge in [-0.3, -0.25) is 33.6 Å². The molecule has 0 spiro atoms. The maximum atomic E-state index is 15.0. The summed E-state index contributed by atoms with van der Waals surface area (Å²) in [7, 11) is 0. The van der Waals surface area contributed by atoms with Gasteiger partial charge in [0.05, 0.1) is 11.6 Å². The normalized spacial score (nSPS) is 23.0. The van der Waals surface area contributed by atoms with E-state index in [1.807, 2.05) is 33.8 Å². The molecule has 1 aliphatic heterocycles. The molecule has 1 saturated heterocycles. The number of aromatic amines is 1. The molecule has 0 unspecified atom stereocenters.